The largest absolute Gasteiger partial charge is 0.347 e. The SMILES string of the molecule is CCCCCCCCCCn1ccc2c(F)cccc21. The summed E-state index contributed by atoms with van der Waals surface area (Å²) >= 11 is 0. The van der Waals surface area contributed by atoms with Gasteiger partial charge in [-0.1, -0.05) is 57.9 Å². The first kappa shape index (κ1) is 15.1. The summed E-state index contributed by atoms with van der Waals surface area (Å²) < 4.78 is 15.8. The van der Waals surface area contributed by atoms with Crippen LogP contribution in [0.4, 0.5) is 4.39 Å². The zero-order valence-corrected chi connectivity index (χ0v) is 12.6. The molecule has 0 aliphatic carbocycles. The van der Waals surface area contributed by atoms with Crippen molar-refractivity contribution in [3.05, 3.63) is 36.3 Å². The summed E-state index contributed by atoms with van der Waals surface area (Å²) in [4.78, 5) is 0. The number of hydrogen-bond acceptors (Lipinski definition) is 0. The minimum absolute atomic E-state index is 0.114. The highest BCUT2D eigenvalue weighted by Crippen LogP contribution is 2.19. The predicted molar refractivity (Wildman–Crippen MR) is 84.5 cm³/mol. The molecule has 1 aromatic carbocycles. The lowest BCUT2D eigenvalue weighted by Gasteiger charge is -2.06. The van der Waals surface area contributed by atoms with E-state index in [1.807, 2.05) is 18.3 Å². The number of unbranched alkanes of at least 4 members (excludes halogenated alkanes) is 7. The highest BCUT2D eigenvalue weighted by Gasteiger charge is 2.04. The Labute approximate surface area is 121 Å². The molecule has 0 bridgehead atoms. The third-order valence-corrected chi connectivity index (χ3v) is 4.01. The molecule has 2 aromatic rings. The van der Waals surface area contributed by atoms with Gasteiger partial charge in [-0.15, -0.1) is 0 Å². The monoisotopic (exact) mass is 275 g/mol. The summed E-state index contributed by atoms with van der Waals surface area (Å²) in [7, 11) is 0. The van der Waals surface area contributed by atoms with Crippen molar-refractivity contribution in [1.82, 2.24) is 4.57 Å². The number of aryl methyl sites for hydroxylation is 1. The van der Waals surface area contributed by atoms with Crippen molar-refractivity contribution < 1.29 is 4.39 Å². The van der Waals surface area contributed by atoms with E-state index in [0.717, 1.165) is 17.4 Å². The highest BCUT2D eigenvalue weighted by molar-refractivity contribution is 5.80. The maximum atomic E-state index is 13.6. The molecule has 0 saturated heterocycles. The lowest BCUT2D eigenvalue weighted by Crippen LogP contribution is -1.96. The van der Waals surface area contributed by atoms with Crippen LogP contribution in [0.15, 0.2) is 30.5 Å². The van der Waals surface area contributed by atoms with Crippen LogP contribution in [0.1, 0.15) is 58.3 Å². The van der Waals surface area contributed by atoms with Crippen LogP contribution in [0.25, 0.3) is 10.9 Å². The van der Waals surface area contributed by atoms with E-state index in [4.69, 9.17) is 0 Å². The van der Waals surface area contributed by atoms with Gasteiger partial charge in [-0.2, -0.15) is 0 Å². The van der Waals surface area contributed by atoms with E-state index in [-0.39, 0.29) is 5.82 Å². The molecule has 20 heavy (non-hydrogen) atoms. The van der Waals surface area contributed by atoms with Crippen molar-refractivity contribution in [2.24, 2.45) is 0 Å². The summed E-state index contributed by atoms with van der Waals surface area (Å²) in [6, 6.07) is 7.21. The first-order chi connectivity index (χ1) is 9.83. The molecule has 1 heterocycles. The molecule has 1 nitrogen and oxygen atoms in total. The van der Waals surface area contributed by atoms with E-state index in [9.17, 15) is 4.39 Å². The topological polar surface area (TPSA) is 4.93 Å². The fourth-order valence-electron chi connectivity index (χ4n) is 2.80. The molecular formula is C18H26FN. The number of hydrogen-bond donors (Lipinski definition) is 0. The molecule has 0 spiro atoms. The average Bonchev–Trinajstić information content (AvgIpc) is 2.87. The first-order valence-corrected chi connectivity index (χ1v) is 8.06. The Balaban J connectivity index is 1.70. The lowest BCUT2D eigenvalue weighted by atomic mass is 10.1. The molecule has 0 saturated carbocycles. The number of rotatable bonds is 9. The lowest BCUT2D eigenvalue weighted by molar-refractivity contribution is 0.549. The maximum absolute atomic E-state index is 13.6. The standard InChI is InChI=1S/C18H26FN/c1-2-3-4-5-6-7-8-9-14-20-15-13-16-17(19)11-10-12-18(16)20/h10-13,15H,2-9,14H2,1H3. The second-order valence-corrected chi connectivity index (χ2v) is 5.66. The number of nitrogens with zero attached hydrogens (tertiary/aromatic N) is 1. The normalized spacial score (nSPS) is 11.3. The van der Waals surface area contributed by atoms with Gasteiger partial charge in [-0.25, -0.2) is 4.39 Å². The van der Waals surface area contributed by atoms with Crippen molar-refractivity contribution >= 4 is 10.9 Å². The van der Waals surface area contributed by atoms with Crippen LogP contribution in [0.5, 0.6) is 0 Å². The molecule has 0 aliphatic rings. The Bertz CT molecular complexity index is 515. The number of fused-ring (bicyclic) bond motifs is 1. The average molecular weight is 275 g/mol. The molecule has 0 aliphatic heterocycles. The molecule has 0 fully saturated rings. The summed E-state index contributed by atoms with van der Waals surface area (Å²) in [5.74, 6) is -0.114. The van der Waals surface area contributed by atoms with Crippen LogP contribution in [-0.4, -0.2) is 4.57 Å². The second-order valence-electron chi connectivity index (χ2n) is 5.66. The van der Waals surface area contributed by atoms with E-state index in [1.165, 1.54) is 57.4 Å². The summed E-state index contributed by atoms with van der Waals surface area (Å²) in [6.07, 6.45) is 12.6. The van der Waals surface area contributed by atoms with Crippen LogP contribution in [0, 0.1) is 5.82 Å². The molecule has 0 unspecified atom stereocenters. The number of aromatic nitrogens is 1. The maximum Gasteiger partial charge on any atom is 0.132 e. The van der Waals surface area contributed by atoms with Gasteiger partial charge in [0.05, 0.1) is 5.52 Å². The van der Waals surface area contributed by atoms with Crippen molar-refractivity contribution in [3.8, 4) is 0 Å². The first-order valence-electron chi connectivity index (χ1n) is 8.06. The van der Waals surface area contributed by atoms with Crippen LogP contribution in [0.3, 0.4) is 0 Å². The van der Waals surface area contributed by atoms with Crippen LogP contribution < -0.4 is 0 Å². The van der Waals surface area contributed by atoms with Crippen molar-refractivity contribution in [3.63, 3.8) is 0 Å². The summed E-state index contributed by atoms with van der Waals surface area (Å²) in [6.45, 7) is 3.26. The Morgan fingerprint density at radius 1 is 0.900 bits per heavy atom. The molecule has 2 heteroatoms. The summed E-state index contributed by atoms with van der Waals surface area (Å²) in [5.41, 5.74) is 1.02. The quantitative estimate of drug-likeness (QED) is 0.500. The Hall–Kier alpha value is -1.31. The van der Waals surface area contributed by atoms with E-state index in [0.29, 0.717) is 0 Å². The fourth-order valence-corrected chi connectivity index (χ4v) is 2.80. The number of halogens is 1. The Morgan fingerprint density at radius 2 is 1.60 bits per heavy atom. The predicted octanol–water partition coefficient (Wildman–Crippen LogP) is 5.92. The molecular weight excluding hydrogens is 249 g/mol. The Kier molecular flexibility index (Phi) is 6.10. The van der Waals surface area contributed by atoms with Gasteiger partial charge < -0.3 is 4.57 Å². The molecule has 0 N–H and O–H groups in total. The molecule has 0 amide bonds. The van der Waals surface area contributed by atoms with Crippen LogP contribution in [0.2, 0.25) is 0 Å². The van der Waals surface area contributed by atoms with Gasteiger partial charge in [0.2, 0.25) is 0 Å². The van der Waals surface area contributed by atoms with Gasteiger partial charge in [0.1, 0.15) is 5.82 Å². The molecule has 0 atom stereocenters. The van der Waals surface area contributed by atoms with Crippen molar-refractivity contribution in [2.45, 2.75) is 64.8 Å². The summed E-state index contributed by atoms with van der Waals surface area (Å²) in [5, 5.41) is 0.743. The van der Waals surface area contributed by atoms with Crippen molar-refractivity contribution in [2.75, 3.05) is 0 Å². The van der Waals surface area contributed by atoms with Gasteiger partial charge in [-0.05, 0) is 24.6 Å². The van der Waals surface area contributed by atoms with Gasteiger partial charge in [0.15, 0.2) is 0 Å². The zero-order valence-electron chi connectivity index (χ0n) is 12.6. The number of benzene rings is 1. The highest BCUT2D eigenvalue weighted by atomic mass is 19.1. The van der Waals surface area contributed by atoms with Crippen LogP contribution in [-0.2, 0) is 6.54 Å². The smallest absolute Gasteiger partial charge is 0.132 e. The van der Waals surface area contributed by atoms with E-state index in [1.54, 1.807) is 6.07 Å². The van der Waals surface area contributed by atoms with Crippen LogP contribution >= 0.6 is 0 Å². The van der Waals surface area contributed by atoms with Gasteiger partial charge in [-0.3, -0.25) is 0 Å². The molecule has 0 radical (unpaired) electrons. The minimum atomic E-state index is -0.114. The third-order valence-electron chi connectivity index (χ3n) is 4.01. The van der Waals surface area contributed by atoms with Gasteiger partial charge >= 0.3 is 0 Å². The molecule has 110 valence electrons. The van der Waals surface area contributed by atoms with Crippen molar-refractivity contribution in [1.29, 1.82) is 0 Å². The molecule has 1 aromatic heterocycles. The molecule has 2 rings (SSSR count). The second kappa shape index (κ2) is 8.08. The van der Waals surface area contributed by atoms with E-state index >= 15 is 0 Å². The fraction of sp³-hybridized carbons (Fsp3) is 0.556. The van der Waals surface area contributed by atoms with Gasteiger partial charge in [0, 0.05) is 18.1 Å². The van der Waals surface area contributed by atoms with Gasteiger partial charge in [0.25, 0.3) is 0 Å². The third kappa shape index (κ3) is 4.09. The minimum Gasteiger partial charge on any atom is -0.347 e. The zero-order chi connectivity index (χ0) is 14.2. The van der Waals surface area contributed by atoms with E-state index < -0.39 is 0 Å². The van der Waals surface area contributed by atoms with E-state index in [2.05, 4.69) is 11.5 Å². The Morgan fingerprint density at radius 3 is 2.35 bits per heavy atom.